The van der Waals surface area contributed by atoms with Crippen LogP contribution in [0.2, 0.25) is 0 Å². The van der Waals surface area contributed by atoms with E-state index in [4.69, 9.17) is 5.10 Å². The molecule has 0 spiro atoms. The van der Waals surface area contributed by atoms with Gasteiger partial charge in [0.2, 0.25) is 0 Å². The highest BCUT2D eigenvalue weighted by atomic mass is 16.3. The number of hydrogen-bond donors (Lipinski definition) is 2. The van der Waals surface area contributed by atoms with Crippen molar-refractivity contribution in [1.82, 2.24) is 20.0 Å². The van der Waals surface area contributed by atoms with E-state index in [2.05, 4.69) is 35.8 Å². The molecule has 0 aromatic carbocycles. The molecule has 2 heterocycles. The molecule has 1 saturated carbocycles. The van der Waals surface area contributed by atoms with E-state index in [0.717, 1.165) is 32.5 Å². The summed E-state index contributed by atoms with van der Waals surface area (Å²) >= 11 is 0. The van der Waals surface area contributed by atoms with Crippen molar-refractivity contribution < 1.29 is 5.11 Å². The van der Waals surface area contributed by atoms with Gasteiger partial charge in [-0.05, 0) is 64.0 Å². The summed E-state index contributed by atoms with van der Waals surface area (Å²) in [5, 5.41) is 18.4. The molecule has 1 atom stereocenters. The first kappa shape index (κ1) is 20.8. The van der Waals surface area contributed by atoms with Crippen LogP contribution in [0.3, 0.4) is 0 Å². The summed E-state index contributed by atoms with van der Waals surface area (Å²) in [6.07, 6.45) is 9.56. The van der Waals surface area contributed by atoms with E-state index in [1.165, 1.54) is 49.9 Å². The highest BCUT2D eigenvalue weighted by molar-refractivity contribution is 5.32. The van der Waals surface area contributed by atoms with Gasteiger partial charge in [-0.2, -0.15) is 5.10 Å². The molecule has 1 aromatic rings. The van der Waals surface area contributed by atoms with Crippen LogP contribution >= 0.6 is 0 Å². The second-order valence-corrected chi connectivity index (χ2v) is 9.00. The minimum absolute atomic E-state index is 0.237. The molecule has 5 nitrogen and oxygen atoms in total. The summed E-state index contributed by atoms with van der Waals surface area (Å²) in [5.74, 6) is 0.655. The van der Waals surface area contributed by atoms with Gasteiger partial charge in [0, 0.05) is 30.9 Å². The van der Waals surface area contributed by atoms with Crippen LogP contribution in [-0.2, 0) is 19.5 Å². The van der Waals surface area contributed by atoms with Crippen molar-refractivity contribution >= 4 is 0 Å². The molecule has 0 saturated heterocycles. The second kappa shape index (κ2) is 9.06. The van der Waals surface area contributed by atoms with Gasteiger partial charge in [0.25, 0.3) is 0 Å². The Bertz CT molecular complexity index is 598. The fourth-order valence-corrected chi connectivity index (χ4v) is 5.28. The molecular weight excluding hydrogens is 336 g/mol. The maximum absolute atomic E-state index is 10.1. The van der Waals surface area contributed by atoms with E-state index >= 15 is 0 Å². The van der Waals surface area contributed by atoms with Crippen molar-refractivity contribution in [2.75, 3.05) is 27.2 Å². The molecule has 27 heavy (non-hydrogen) atoms. The van der Waals surface area contributed by atoms with E-state index in [1.54, 1.807) is 5.56 Å². The maximum atomic E-state index is 10.1. The molecule has 0 bridgehead atoms. The van der Waals surface area contributed by atoms with Crippen LogP contribution in [0.4, 0.5) is 0 Å². The molecule has 0 radical (unpaired) electrons. The predicted octanol–water partition coefficient (Wildman–Crippen LogP) is 3.31. The number of aliphatic hydroxyl groups is 1. The summed E-state index contributed by atoms with van der Waals surface area (Å²) in [6.45, 7) is 8.35. The maximum Gasteiger partial charge on any atom is 0.0802 e. The first-order valence-electron chi connectivity index (χ1n) is 11.1. The van der Waals surface area contributed by atoms with Crippen LogP contribution in [-0.4, -0.2) is 53.1 Å². The lowest BCUT2D eigenvalue weighted by atomic mass is 9.66. The predicted molar refractivity (Wildman–Crippen MR) is 111 cm³/mol. The molecule has 1 aliphatic heterocycles. The van der Waals surface area contributed by atoms with Gasteiger partial charge in [-0.25, -0.2) is 0 Å². The van der Waals surface area contributed by atoms with E-state index in [9.17, 15) is 5.11 Å². The van der Waals surface area contributed by atoms with E-state index in [0.29, 0.717) is 17.9 Å². The van der Waals surface area contributed by atoms with Gasteiger partial charge in [-0.1, -0.05) is 26.7 Å². The average molecular weight is 377 g/mol. The Morgan fingerprint density at radius 2 is 1.93 bits per heavy atom. The molecule has 1 fully saturated rings. The van der Waals surface area contributed by atoms with Gasteiger partial charge in [0.1, 0.15) is 0 Å². The number of rotatable bonds is 8. The molecule has 2 aliphatic rings. The van der Waals surface area contributed by atoms with Crippen molar-refractivity contribution in [3.05, 3.63) is 17.0 Å². The molecule has 0 amide bonds. The largest absolute Gasteiger partial charge is 0.391 e. The monoisotopic (exact) mass is 376 g/mol. The lowest BCUT2D eigenvalue weighted by Crippen LogP contribution is -2.29. The Hall–Kier alpha value is -0.910. The Balaban J connectivity index is 1.82. The zero-order chi connectivity index (χ0) is 19.4. The minimum atomic E-state index is -0.237. The third kappa shape index (κ3) is 4.57. The first-order chi connectivity index (χ1) is 13.0. The van der Waals surface area contributed by atoms with Crippen molar-refractivity contribution in [3.63, 3.8) is 0 Å². The highest BCUT2D eigenvalue weighted by Gasteiger charge is 2.36. The Morgan fingerprint density at radius 3 is 2.56 bits per heavy atom. The van der Waals surface area contributed by atoms with Gasteiger partial charge < -0.3 is 10.4 Å². The van der Waals surface area contributed by atoms with E-state index < -0.39 is 0 Å². The van der Waals surface area contributed by atoms with Crippen LogP contribution in [0.1, 0.15) is 81.7 Å². The minimum Gasteiger partial charge on any atom is -0.391 e. The molecule has 3 rings (SSSR count). The van der Waals surface area contributed by atoms with Crippen molar-refractivity contribution in [2.24, 2.45) is 5.41 Å². The summed E-state index contributed by atoms with van der Waals surface area (Å²) in [6, 6.07) is 0. The summed E-state index contributed by atoms with van der Waals surface area (Å²) in [4.78, 5) is 2.37. The van der Waals surface area contributed by atoms with Gasteiger partial charge in [0.05, 0.1) is 18.3 Å². The van der Waals surface area contributed by atoms with Crippen molar-refractivity contribution in [1.29, 1.82) is 0 Å². The van der Waals surface area contributed by atoms with Crippen LogP contribution in [0.5, 0.6) is 0 Å². The molecule has 1 aromatic heterocycles. The third-order valence-electron chi connectivity index (χ3n) is 7.39. The van der Waals surface area contributed by atoms with Crippen LogP contribution in [0, 0.1) is 5.41 Å². The topological polar surface area (TPSA) is 53.3 Å². The second-order valence-electron chi connectivity index (χ2n) is 9.00. The third-order valence-corrected chi connectivity index (χ3v) is 7.39. The first-order valence-corrected chi connectivity index (χ1v) is 11.1. The molecule has 2 N–H and O–H groups in total. The number of aromatic nitrogens is 2. The summed E-state index contributed by atoms with van der Waals surface area (Å²) < 4.78 is 2.13. The standard InChI is InChI=1S/C22H40N4O/c1-5-22(6-2)11-9-17(10-12-22)21-19(16-25(4)14-13-23-3)24-26-15-18(27)7-8-20(21)26/h17-18,23,27H,5-16H2,1-4H3. The molecular formula is C22H40N4O. The van der Waals surface area contributed by atoms with E-state index in [1.807, 2.05) is 7.05 Å². The lowest BCUT2D eigenvalue weighted by Gasteiger charge is -2.39. The molecule has 1 unspecified atom stereocenters. The summed E-state index contributed by atoms with van der Waals surface area (Å²) in [7, 11) is 4.19. The van der Waals surface area contributed by atoms with Crippen molar-refractivity contribution in [3.8, 4) is 0 Å². The molecule has 5 heteroatoms. The lowest BCUT2D eigenvalue weighted by molar-refractivity contribution is 0.124. The molecule has 154 valence electrons. The van der Waals surface area contributed by atoms with Gasteiger partial charge in [0.15, 0.2) is 0 Å². The Morgan fingerprint density at radius 1 is 1.22 bits per heavy atom. The van der Waals surface area contributed by atoms with Crippen LogP contribution < -0.4 is 5.32 Å². The number of likely N-dealkylation sites (N-methyl/N-ethyl adjacent to an activating group) is 2. The highest BCUT2D eigenvalue weighted by Crippen LogP contribution is 2.48. The van der Waals surface area contributed by atoms with Gasteiger partial charge >= 0.3 is 0 Å². The van der Waals surface area contributed by atoms with Gasteiger partial charge in [-0.3, -0.25) is 9.58 Å². The van der Waals surface area contributed by atoms with E-state index in [-0.39, 0.29) is 6.10 Å². The quantitative estimate of drug-likeness (QED) is 0.731. The summed E-state index contributed by atoms with van der Waals surface area (Å²) in [5.41, 5.74) is 4.80. The number of nitrogens with one attached hydrogen (secondary N) is 1. The van der Waals surface area contributed by atoms with Crippen LogP contribution in [0.25, 0.3) is 0 Å². The van der Waals surface area contributed by atoms with Crippen LogP contribution in [0.15, 0.2) is 0 Å². The SMILES string of the molecule is CCC1(CC)CCC(c2c(CN(C)CCNC)nn3c2CCC(O)C3)CC1. The Kier molecular flexibility index (Phi) is 6.98. The number of hydrogen-bond acceptors (Lipinski definition) is 4. The zero-order valence-corrected chi connectivity index (χ0v) is 17.9. The average Bonchev–Trinajstić information content (AvgIpc) is 3.03. The fraction of sp³-hybridized carbons (Fsp3) is 0.864. The molecule has 1 aliphatic carbocycles. The number of nitrogens with zero attached hydrogens (tertiary/aromatic N) is 3. The zero-order valence-electron chi connectivity index (χ0n) is 17.9. The smallest absolute Gasteiger partial charge is 0.0802 e. The number of aliphatic hydroxyl groups excluding tert-OH is 1. The Labute approximate surface area is 165 Å². The van der Waals surface area contributed by atoms with Crippen molar-refractivity contribution in [2.45, 2.75) is 90.3 Å². The van der Waals surface area contributed by atoms with Gasteiger partial charge in [-0.15, -0.1) is 0 Å². The normalized spacial score (nSPS) is 23.0. The fourth-order valence-electron chi connectivity index (χ4n) is 5.28. The number of fused-ring (bicyclic) bond motifs is 1.